The van der Waals surface area contributed by atoms with Gasteiger partial charge < -0.3 is 19.3 Å². The zero-order valence-electron chi connectivity index (χ0n) is 10.7. The normalized spacial score (nSPS) is 18.7. The lowest BCUT2D eigenvalue weighted by molar-refractivity contribution is -0.131. The highest BCUT2D eigenvalue weighted by atomic mass is 16.6. The lowest BCUT2D eigenvalue weighted by Crippen LogP contribution is -2.16. The standard InChI is InChI=1S/C14H16O5/c1-17-12-4-2-10(3-5-14(15)16)8-13(12)19-11-6-7-18-9-11/h2-5,8,11H,6-7,9H2,1H3,(H,15,16)/b5-3+/t11-/m1/s1. The average molecular weight is 264 g/mol. The second-order valence-electron chi connectivity index (χ2n) is 4.19. The quantitative estimate of drug-likeness (QED) is 0.823. The van der Waals surface area contributed by atoms with Crippen LogP contribution in [0.4, 0.5) is 0 Å². The number of hydrogen-bond donors (Lipinski definition) is 1. The number of aliphatic carboxylic acids is 1. The third kappa shape index (κ3) is 3.72. The van der Waals surface area contributed by atoms with Crippen LogP contribution in [0.15, 0.2) is 24.3 Å². The number of rotatable bonds is 5. The van der Waals surface area contributed by atoms with Crippen molar-refractivity contribution in [2.24, 2.45) is 0 Å². The molecule has 102 valence electrons. The lowest BCUT2D eigenvalue weighted by Gasteiger charge is -2.15. The molecule has 1 aromatic carbocycles. The van der Waals surface area contributed by atoms with E-state index < -0.39 is 5.97 Å². The Bertz CT molecular complexity index is 475. The summed E-state index contributed by atoms with van der Waals surface area (Å²) in [6.07, 6.45) is 3.47. The third-order valence-corrected chi connectivity index (χ3v) is 2.79. The monoisotopic (exact) mass is 264 g/mol. The van der Waals surface area contributed by atoms with Gasteiger partial charge >= 0.3 is 5.97 Å². The molecular formula is C14H16O5. The number of benzene rings is 1. The second-order valence-corrected chi connectivity index (χ2v) is 4.19. The summed E-state index contributed by atoms with van der Waals surface area (Å²) in [5.74, 6) is 0.243. The maximum atomic E-state index is 10.5. The van der Waals surface area contributed by atoms with Gasteiger partial charge in [-0.25, -0.2) is 4.79 Å². The van der Waals surface area contributed by atoms with Crippen molar-refractivity contribution in [3.05, 3.63) is 29.8 Å². The maximum Gasteiger partial charge on any atom is 0.328 e. The smallest absolute Gasteiger partial charge is 0.328 e. The highest BCUT2D eigenvalue weighted by Gasteiger charge is 2.19. The van der Waals surface area contributed by atoms with Crippen molar-refractivity contribution in [3.63, 3.8) is 0 Å². The number of hydrogen-bond acceptors (Lipinski definition) is 4. The molecule has 1 aromatic rings. The van der Waals surface area contributed by atoms with Gasteiger partial charge in [-0.2, -0.15) is 0 Å². The van der Waals surface area contributed by atoms with Crippen LogP contribution in [-0.2, 0) is 9.53 Å². The molecule has 1 fully saturated rings. The Morgan fingerprint density at radius 3 is 2.95 bits per heavy atom. The molecule has 1 saturated heterocycles. The molecule has 1 heterocycles. The molecule has 0 bridgehead atoms. The summed E-state index contributed by atoms with van der Waals surface area (Å²) < 4.78 is 16.3. The van der Waals surface area contributed by atoms with Crippen LogP contribution >= 0.6 is 0 Å². The van der Waals surface area contributed by atoms with Crippen LogP contribution in [0.5, 0.6) is 11.5 Å². The zero-order valence-corrected chi connectivity index (χ0v) is 10.7. The fourth-order valence-electron chi connectivity index (χ4n) is 1.84. The minimum atomic E-state index is -0.984. The lowest BCUT2D eigenvalue weighted by atomic mass is 10.2. The summed E-state index contributed by atoms with van der Waals surface area (Å²) in [6.45, 7) is 1.27. The predicted molar refractivity (Wildman–Crippen MR) is 69.5 cm³/mol. The molecule has 0 radical (unpaired) electrons. The molecule has 19 heavy (non-hydrogen) atoms. The maximum absolute atomic E-state index is 10.5. The third-order valence-electron chi connectivity index (χ3n) is 2.79. The van der Waals surface area contributed by atoms with Gasteiger partial charge in [-0.1, -0.05) is 6.07 Å². The molecule has 0 unspecified atom stereocenters. The van der Waals surface area contributed by atoms with Crippen molar-refractivity contribution in [2.45, 2.75) is 12.5 Å². The van der Waals surface area contributed by atoms with E-state index in [2.05, 4.69) is 0 Å². The summed E-state index contributed by atoms with van der Waals surface area (Å²) in [5.41, 5.74) is 0.747. The van der Waals surface area contributed by atoms with Crippen molar-refractivity contribution in [2.75, 3.05) is 20.3 Å². The van der Waals surface area contributed by atoms with Gasteiger partial charge in [0.1, 0.15) is 6.10 Å². The van der Waals surface area contributed by atoms with Crippen LogP contribution < -0.4 is 9.47 Å². The first-order chi connectivity index (χ1) is 9.19. The molecule has 1 aliphatic heterocycles. The number of methoxy groups -OCH3 is 1. The first-order valence-electron chi connectivity index (χ1n) is 6.02. The largest absolute Gasteiger partial charge is 0.493 e. The molecule has 5 nitrogen and oxygen atoms in total. The highest BCUT2D eigenvalue weighted by Crippen LogP contribution is 2.30. The Balaban J connectivity index is 2.17. The molecular weight excluding hydrogens is 248 g/mol. The van der Waals surface area contributed by atoms with E-state index in [1.807, 2.05) is 0 Å². The summed E-state index contributed by atoms with van der Waals surface area (Å²) in [4.78, 5) is 10.5. The second kappa shape index (κ2) is 6.24. The van der Waals surface area contributed by atoms with Crippen molar-refractivity contribution in [1.82, 2.24) is 0 Å². The van der Waals surface area contributed by atoms with E-state index in [9.17, 15) is 4.79 Å². The Labute approximate surface area is 111 Å². The summed E-state index contributed by atoms with van der Waals surface area (Å²) in [6, 6.07) is 5.29. The van der Waals surface area contributed by atoms with Gasteiger partial charge in [0.15, 0.2) is 11.5 Å². The van der Waals surface area contributed by atoms with E-state index in [0.29, 0.717) is 24.7 Å². The van der Waals surface area contributed by atoms with Crippen molar-refractivity contribution in [3.8, 4) is 11.5 Å². The van der Waals surface area contributed by atoms with E-state index >= 15 is 0 Å². The Kier molecular flexibility index (Phi) is 4.41. The van der Waals surface area contributed by atoms with Gasteiger partial charge in [-0.3, -0.25) is 0 Å². The molecule has 1 N–H and O–H groups in total. The Morgan fingerprint density at radius 2 is 2.32 bits per heavy atom. The predicted octanol–water partition coefficient (Wildman–Crippen LogP) is 1.96. The summed E-state index contributed by atoms with van der Waals surface area (Å²) >= 11 is 0. The molecule has 0 saturated carbocycles. The molecule has 1 aliphatic rings. The topological polar surface area (TPSA) is 65.0 Å². The van der Waals surface area contributed by atoms with Gasteiger partial charge in [0.2, 0.25) is 0 Å². The minimum absolute atomic E-state index is 0.0209. The first-order valence-corrected chi connectivity index (χ1v) is 6.02. The van der Waals surface area contributed by atoms with Gasteiger partial charge in [0.05, 0.1) is 20.3 Å². The molecule has 0 aromatic heterocycles. The van der Waals surface area contributed by atoms with E-state index in [4.69, 9.17) is 19.3 Å². The SMILES string of the molecule is COc1ccc(/C=C/C(=O)O)cc1O[C@@H]1CCOC1. The average Bonchev–Trinajstić information content (AvgIpc) is 2.89. The van der Waals surface area contributed by atoms with Crippen LogP contribution in [0.2, 0.25) is 0 Å². The Hall–Kier alpha value is -2.01. The van der Waals surface area contributed by atoms with Crippen molar-refractivity contribution >= 4 is 12.0 Å². The number of carbonyl (C=O) groups is 1. The van der Waals surface area contributed by atoms with Crippen LogP contribution in [0, 0.1) is 0 Å². The van der Waals surface area contributed by atoms with Gasteiger partial charge in [-0.05, 0) is 23.8 Å². The van der Waals surface area contributed by atoms with Crippen LogP contribution in [0.1, 0.15) is 12.0 Å². The zero-order chi connectivity index (χ0) is 13.7. The molecule has 0 spiro atoms. The molecule has 2 rings (SSSR count). The molecule has 1 atom stereocenters. The summed E-state index contributed by atoms with van der Waals surface area (Å²) in [5, 5.41) is 8.62. The fourth-order valence-corrected chi connectivity index (χ4v) is 1.84. The van der Waals surface area contributed by atoms with E-state index in [1.54, 1.807) is 25.3 Å². The highest BCUT2D eigenvalue weighted by molar-refractivity contribution is 5.85. The molecule has 0 amide bonds. The van der Waals surface area contributed by atoms with E-state index in [1.165, 1.54) is 6.08 Å². The van der Waals surface area contributed by atoms with Gasteiger partial charge in [0, 0.05) is 12.5 Å². The summed E-state index contributed by atoms with van der Waals surface area (Å²) in [7, 11) is 1.57. The van der Waals surface area contributed by atoms with Crippen LogP contribution in [0.25, 0.3) is 6.08 Å². The number of carboxylic acid groups (broad SMARTS) is 1. The van der Waals surface area contributed by atoms with E-state index in [0.717, 1.165) is 18.1 Å². The number of ether oxygens (including phenoxy) is 3. The van der Waals surface area contributed by atoms with Crippen LogP contribution in [-0.4, -0.2) is 37.5 Å². The van der Waals surface area contributed by atoms with Gasteiger partial charge in [-0.15, -0.1) is 0 Å². The Morgan fingerprint density at radius 1 is 1.47 bits per heavy atom. The van der Waals surface area contributed by atoms with Crippen LogP contribution in [0.3, 0.4) is 0 Å². The first kappa shape index (κ1) is 13.4. The number of carboxylic acids is 1. The van der Waals surface area contributed by atoms with Gasteiger partial charge in [0.25, 0.3) is 0 Å². The van der Waals surface area contributed by atoms with Crippen molar-refractivity contribution < 1.29 is 24.1 Å². The molecule has 0 aliphatic carbocycles. The van der Waals surface area contributed by atoms with E-state index in [-0.39, 0.29) is 6.10 Å². The fraction of sp³-hybridized carbons (Fsp3) is 0.357. The molecule has 5 heteroatoms. The van der Waals surface area contributed by atoms with Crippen molar-refractivity contribution in [1.29, 1.82) is 0 Å². The minimum Gasteiger partial charge on any atom is -0.493 e.